The highest BCUT2D eigenvalue weighted by Gasteiger charge is 2.35. The zero-order valence-electron chi connectivity index (χ0n) is 18.7. The van der Waals surface area contributed by atoms with Crippen LogP contribution in [0.5, 0.6) is 0 Å². The molecule has 0 saturated heterocycles. The Morgan fingerprint density at radius 2 is 1.80 bits per heavy atom. The van der Waals surface area contributed by atoms with Crippen LogP contribution in [0.3, 0.4) is 0 Å². The monoisotopic (exact) mass is 497 g/mol. The summed E-state index contributed by atoms with van der Waals surface area (Å²) >= 11 is 0. The van der Waals surface area contributed by atoms with Crippen LogP contribution in [-0.2, 0) is 21.1 Å². The molecule has 1 aromatic heterocycles. The molecule has 3 aromatic rings. The highest BCUT2D eigenvalue weighted by Crippen LogP contribution is 2.33. The molecule has 2 aromatic carbocycles. The summed E-state index contributed by atoms with van der Waals surface area (Å²) < 4.78 is 26.5. The number of hydrogen-bond donors (Lipinski definition) is 4. The Balaban J connectivity index is 0.00000342. The van der Waals surface area contributed by atoms with Crippen LogP contribution >= 0.6 is 0 Å². The highest BCUT2D eigenvalue weighted by atomic mass is 32.2. The molecule has 4 rings (SSSR count). The molecule has 1 amide bonds. The Kier molecular flexibility index (Phi) is 8.88. The summed E-state index contributed by atoms with van der Waals surface area (Å²) in [5, 5.41) is 22.2. The number of nitrogens with zero attached hydrogens (tertiary/aromatic N) is 1. The summed E-state index contributed by atoms with van der Waals surface area (Å²) in [6.07, 6.45) is 5.87. The van der Waals surface area contributed by atoms with E-state index in [4.69, 9.17) is 0 Å². The number of carbonyl (C=O) groups excluding carboxylic acids is 1. The number of imidazole rings is 1. The SMILES string of the molecule is C.O=C(N[C@@H](CC1CC1)B(O)O)[C@H](Cc1ccccc1)CS(=O)(=O)c1ccc(-c2cnc[nH]2)cc1. The predicted octanol–water partition coefficient (Wildman–Crippen LogP) is 2.64. The van der Waals surface area contributed by atoms with Crippen LogP contribution in [-0.4, -0.2) is 53.2 Å². The number of H-pyrrole nitrogens is 1. The molecule has 2 atom stereocenters. The molecule has 1 aliphatic carbocycles. The summed E-state index contributed by atoms with van der Waals surface area (Å²) in [5.74, 6) is -2.25. The smallest absolute Gasteiger partial charge is 0.426 e. The van der Waals surface area contributed by atoms with Gasteiger partial charge in [0.25, 0.3) is 0 Å². The lowest BCUT2D eigenvalue weighted by atomic mass is 9.76. The van der Waals surface area contributed by atoms with E-state index in [2.05, 4.69) is 15.3 Å². The van der Waals surface area contributed by atoms with E-state index in [9.17, 15) is 23.3 Å². The first-order valence-corrected chi connectivity index (χ1v) is 13.0. The third kappa shape index (κ3) is 7.27. The highest BCUT2D eigenvalue weighted by molar-refractivity contribution is 7.91. The summed E-state index contributed by atoms with van der Waals surface area (Å²) in [7, 11) is -5.49. The fourth-order valence-electron chi connectivity index (χ4n) is 4.01. The number of sulfone groups is 1. The fourth-order valence-corrected chi connectivity index (χ4v) is 5.55. The summed E-state index contributed by atoms with van der Waals surface area (Å²) in [6, 6.07) is 15.6. The maximum atomic E-state index is 13.2. The van der Waals surface area contributed by atoms with Gasteiger partial charge < -0.3 is 20.3 Å². The van der Waals surface area contributed by atoms with Crippen molar-refractivity contribution >= 4 is 22.9 Å². The quantitative estimate of drug-likeness (QED) is 0.301. The third-order valence-corrected chi connectivity index (χ3v) is 7.94. The van der Waals surface area contributed by atoms with Gasteiger partial charge in [0.15, 0.2) is 9.84 Å². The number of aromatic amines is 1. The van der Waals surface area contributed by atoms with E-state index in [1.54, 1.807) is 24.7 Å². The Bertz CT molecular complexity index is 1180. The first-order chi connectivity index (χ1) is 16.3. The average molecular weight is 497 g/mol. The van der Waals surface area contributed by atoms with E-state index in [0.29, 0.717) is 12.3 Å². The molecule has 1 saturated carbocycles. The van der Waals surface area contributed by atoms with Crippen molar-refractivity contribution in [3.63, 3.8) is 0 Å². The number of aromatic nitrogens is 2. The largest absolute Gasteiger partial charge is 0.475 e. The summed E-state index contributed by atoms with van der Waals surface area (Å²) in [6.45, 7) is 0. The van der Waals surface area contributed by atoms with Crippen LogP contribution < -0.4 is 5.32 Å². The van der Waals surface area contributed by atoms with Crippen molar-refractivity contribution in [1.29, 1.82) is 0 Å². The van der Waals surface area contributed by atoms with Crippen molar-refractivity contribution in [3.05, 3.63) is 72.7 Å². The van der Waals surface area contributed by atoms with Crippen molar-refractivity contribution in [3.8, 4) is 11.3 Å². The second-order valence-corrected chi connectivity index (χ2v) is 10.9. The Morgan fingerprint density at radius 3 is 2.37 bits per heavy atom. The van der Waals surface area contributed by atoms with Gasteiger partial charge in [0.1, 0.15) is 0 Å². The molecular formula is C25H32BN3O5S. The van der Waals surface area contributed by atoms with E-state index in [1.165, 1.54) is 12.1 Å². The predicted molar refractivity (Wildman–Crippen MR) is 136 cm³/mol. The molecule has 1 aliphatic rings. The maximum absolute atomic E-state index is 13.2. The third-order valence-electron chi connectivity index (χ3n) is 6.11. The van der Waals surface area contributed by atoms with Crippen LogP contribution in [0.25, 0.3) is 11.3 Å². The minimum absolute atomic E-state index is 0. The van der Waals surface area contributed by atoms with Gasteiger partial charge in [-0.25, -0.2) is 13.4 Å². The van der Waals surface area contributed by atoms with Crippen LogP contribution in [0.1, 0.15) is 32.3 Å². The summed E-state index contributed by atoms with van der Waals surface area (Å²) in [4.78, 5) is 20.2. The van der Waals surface area contributed by atoms with Gasteiger partial charge in [0, 0.05) is 0 Å². The molecule has 0 unspecified atom stereocenters. The molecule has 35 heavy (non-hydrogen) atoms. The number of amides is 1. The van der Waals surface area contributed by atoms with Gasteiger partial charge in [-0.1, -0.05) is 62.7 Å². The normalized spacial score (nSPS) is 15.0. The molecule has 186 valence electrons. The van der Waals surface area contributed by atoms with Gasteiger partial charge >= 0.3 is 7.12 Å². The lowest BCUT2D eigenvalue weighted by molar-refractivity contribution is -0.124. The fraction of sp³-hybridized carbons (Fsp3) is 0.360. The van der Waals surface area contributed by atoms with Crippen molar-refractivity contribution in [2.24, 2.45) is 11.8 Å². The number of rotatable bonds is 11. The van der Waals surface area contributed by atoms with Crippen LogP contribution in [0, 0.1) is 11.8 Å². The number of carbonyl (C=O) groups is 1. The lowest BCUT2D eigenvalue weighted by Crippen LogP contribution is -2.50. The zero-order chi connectivity index (χ0) is 24.1. The van der Waals surface area contributed by atoms with Gasteiger partial charge in [-0.05, 0) is 42.0 Å². The second kappa shape index (κ2) is 11.7. The van der Waals surface area contributed by atoms with Gasteiger partial charge in [0.05, 0.1) is 40.7 Å². The van der Waals surface area contributed by atoms with Crippen LogP contribution in [0.15, 0.2) is 72.0 Å². The maximum Gasteiger partial charge on any atom is 0.475 e. The van der Waals surface area contributed by atoms with Crippen molar-refractivity contribution in [2.75, 3.05) is 5.75 Å². The second-order valence-electron chi connectivity index (χ2n) is 8.87. The van der Waals surface area contributed by atoms with Gasteiger partial charge in [-0.2, -0.15) is 0 Å². The molecule has 0 radical (unpaired) electrons. The Hall–Kier alpha value is -2.95. The summed E-state index contributed by atoms with van der Waals surface area (Å²) in [5.41, 5.74) is 2.40. The topological polar surface area (TPSA) is 132 Å². The number of nitrogens with one attached hydrogen (secondary N) is 2. The number of hydrogen-bond acceptors (Lipinski definition) is 6. The standard InChI is InChI=1S/C24H28BN3O5S.CH4/c29-24(28-23(25(30)31)13-18-6-7-18)20(12-17-4-2-1-3-5-17)15-34(32,33)21-10-8-19(9-11-21)22-14-26-16-27-22;/h1-5,8-11,14,16,18,20,23,30-31H,6-7,12-13,15H2,(H,26,27)(H,28,29);1H4/t20-,23+;/m1./s1. The van der Waals surface area contributed by atoms with Gasteiger partial charge in [-0.3, -0.25) is 4.79 Å². The zero-order valence-corrected chi connectivity index (χ0v) is 19.5. The van der Waals surface area contributed by atoms with Crippen LogP contribution in [0.4, 0.5) is 0 Å². The number of benzene rings is 2. The molecule has 0 bridgehead atoms. The molecule has 10 heteroatoms. The van der Waals surface area contributed by atoms with E-state index >= 15 is 0 Å². The Labute approximate surface area is 206 Å². The average Bonchev–Trinajstić information content (AvgIpc) is 3.47. The first-order valence-electron chi connectivity index (χ1n) is 11.3. The molecule has 0 aliphatic heterocycles. The van der Waals surface area contributed by atoms with Crippen molar-refractivity contribution in [1.82, 2.24) is 15.3 Å². The van der Waals surface area contributed by atoms with Gasteiger partial charge in [0.2, 0.25) is 5.91 Å². The molecule has 8 nitrogen and oxygen atoms in total. The van der Waals surface area contributed by atoms with Crippen molar-refractivity contribution in [2.45, 2.75) is 43.9 Å². The first kappa shape index (κ1) is 26.7. The molecule has 1 heterocycles. The minimum Gasteiger partial charge on any atom is -0.426 e. The molecule has 4 N–H and O–H groups in total. The minimum atomic E-state index is -3.79. The molecule has 1 fully saturated rings. The van der Waals surface area contributed by atoms with Crippen LogP contribution in [0.2, 0.25) is 0 Å². The van der Waals surface area contributed by atoms with Gasteiger partial charge in [-0.15, -0.1) is 0 Å². The van der Waals surface area contributed by atoms with E-state index in [1.807, 2.05) is 30.3 Å². The van der Waals surface area contributed by atoms with E-state index < -0.39 is 40.5 Å². The van der Waals surface area contributed by atoms with Crippen molar-refractivity contribution < 1.29 is 23.3 Å². The van der Waals surface area contributed by atoms with E-state index in [0.717, 1.165) is 29.7 Å². The molecule has 0 spiro atoms. The van der Waals surface area contributed by atoms with E-state index in [-0.39, 0.29) is 18.7 Å². The molecular weight excluding hydrogens is 465 g/mol. The Morgan fingerprint density at radius 1 is 1.11 bits per heavy atom. The lowest BCUT2D eigenvalue weighted by Gasteiger charge is -2.22.